The molecule has 1 N–H and O–H groups in total. The summed E-state index contributed by atoms with van der Waals surface area (Å²) < 4.78 is 21.6. The second-order valence-corrected chi connectivity index (χ2v) is 9.00. The van der Waals surface area contributed by atoms with Crippen LogP contribution in [-0.4, -0.2) is 44.7 Å². The zero-order valence-corrected chi connectivity index (χ0v) is 22.6. The third-order valence-electron chi connectivity index (χ3n) is 6.07. The van der Waals surface area contributed by atoms with Crippen molar-refractivity contribution >= 4 is 46.3 Å². The summed E-state index contributed by atoms with van der Waals surface area (Å²) in [5, 5.41) is 11.7. The molecule has 1 aliphatic heterocycles. The number of rotatable bonds is 8. The van der Waals surface area contributed by atoms with Crippen LogP contribution in [0.5, 0.6) is 23.0 Å². The van der Waals surface area contributed by atoms with Gasteiger partial charge in [0.25, 0.3) is 11.7 Å². The number of benzene rings is 3. The second kappa shape index (κ2) is 11.2. The van der Waals surface area contributed by atoms with E-state index in [1.54, 1.807) is 42.5 Å². The van der Waals surface area contributed by atoms with E-state index < -0.39 is 23.5 Å². The van der Waals surface area contributed by atoms with Crippen molar-refractivity contribution in [3.8, 4) is 23.0 Å². The Balaban J connectivity index is 1.97. The van der Waals surface area contributed by atoms with Crippen LogP contribution in [0.4, 0.5) is 5.69 Å². The molecule has 0 saturated carbocycles. The maximum absolute atomic E-state index is 13.5. The quantitative estimate of drug-likeness (QED) is 0.205. The van der Waals surface area contributed by atoms with Crippen LogP contribution in [0.1, 0.15) is 24.1 Å². The van der Waals surface area contributed by atoms with Crippen molar-refractivity contribution in [3.05, 3.63) is 81.3 Å². The summed E-state index contributed by atoms with van der Waals surface area (Å²) in [7, 11) is 4.45. The molecule has 1 fully saturated rings. The van der Waals surface area contributed by atoms with Gasteiger partial charge in [-0.3, -0.25) is 14.5 Å². The standard InChI is InChI=1S/C28H25Cl2NO7/c1-5-38-22-14-15(6-11-21(22)36-3)24-23(25(32)16-12-19(29)27(37-4)20(30)13-16)26(33)28(34)31(24)17-7-9-18(35-2)10-8-17/h6-14,24,32H,5H2,1-4H3/b25-23+. The van der Waals surface area contributed by atoms with Gasteiger partial charge < -0.3 is 24.1 Å². The molecule has 38 heavy (non-hydrogen) atoms. The maximum Gasteiger partial charge on any atom is 0.300 e. The lowest BCUT2D eigenvalue weighted by molar-refractivity contribution is -0.132. The lowest BCUT2D eigenvalue weighted by Gasteiger charge is -2.26. The number of aliphatic hydroxyl groups excluding tert-OH is 1. The van der Waals surface area contributed by atoms with Gasteiger partial charge in [0.15, 0.2) is 17.2 Å². The summed E-state index contributed by atoms with van der Waals surface area (Å²) in [5.41, 5.74) is 0.945. The molecule has 0 spiro atoms. The third-order valence-corrected chi connectivity index (χ3v) is 6.64. The van der Waals surface area contributed by atoms with Crippen LogP contribution in [0.3, 0.4) is 0 Å². The first-order valence-corrected chi connectivity index (χ1v) is 12.3. The van der Waals surface area contributed by atoms with E-state index in [0.717, 1.165) is 0 Å². The lowest BCUT2D eigenvalue weighted by Crippen LogP contribution is -2.29. The molecule has 1 heterocycles. The van der Waals surface area contributed by atoms with Crippen molar-refractivity contribution in [3.63, 3.8) is 0 Å². The molecular weight excluding hydrogens is 533 g/mol. The number of carbonyl (C=O) groups is 2. The highest BCUT2D eigenvalue weighted by atomic mass is 35.5. The topological polar surface area (TPSA) is 94.5 Å². The van der Waals surface area contributed by atoms with Crippen molar-refractivity contribution in [1.29, 1.82) is 0 Å². The van der Waals surface area contributed by atoms with Gasteiger partial charge in [0.05, 0.1) is 49.6 Å². The van der Waals surface area contributed by atoms with E-state index >= 15 is 0 Å². The molecule has 0 aliphatic carbocycles. The SMILES string of the molecule is CCOc1cc(C2/C(=C(\O)c3cc(Cl)c(OC)c(Cl)c3)C(=O)C(=O)N2c2ccc(OC)cc2)ccc1OC. The van der Waals surface area contributed by atoms with Crippen molar-refractivity contribution in [2.45, 2.75) is 13.0 Å². The fourth-order valence-electron chi connectivity index (χ4n) is 4.34. The number of nitrogens with zero attached hydrogens (tertiary/aromatic N) is 1. The van der Waals surface area contributed by atoms with Crippen LogP contribution in [0.2, 0.25) is 10.0 Å². The molecule has 1 amide bonds. The van der Waals surface area contributed by atoms with Crippen LogP contribution >= 0.6 is 23.2 Å². The Morgan fingerprint density at radius 1 is 0.895 bits per heavy atom. The van der Waals surface area contributed by atoms with Crippen molar-refractivity contribution in [1.82, 2.24) is 0 Å². The summed E-state index contributed by atoms with van der Waals surface area (Å²) in [6, 6.07) is 13.5. The Bertz CT molecular complexity index is 1400. The summed E-state index contributed by atoms with van der Waals surface area (Å²) in [5.74, 6) is -0.441. The van der Waals surface area contributed by atoms with E-state index in [4.69, 9.17) is 42.1 Å². The Hall–Kier alpha value is -3.88. The summed E-state index contributed by atoms with van der Waals surface area (Å²) in [6.45, 7) is 2.19. The molecule has 1 saturated heterocycles. The predicted molar refractivity (Wildman–Crippen MR) is 145 cm³/mol. The minimum Gasteiger partial charge on any atom is -0.507 e. The summed E-state index contributed by atoms with van der Waals surface area (Å²) >= 11 is 12.6. The van der Waals surface area contributed by atoms with Crippen LogP contribution in [-0.2, 0) is 9.59 Å². The van der Waals surface area contributed by atoms with E-state index in [1.165, 1.54) is 38.4 Å². The lowest BCUT2D eigenvalue weighted by atomic mass is 9.94. The van der Waals surface area contributed by atoms with Crippen molar-refractivity contribution in [2.24, 2.45) is 0 Å². The van der Waals surface area contributed by atoms with E-state index in [1.807, 2.05) is 6.92 Å². The minimum atomic E-state index is -1.01. The smallest absolute Gasteiger partial charge is 0.300 e. The zero-order chi connectivity index (χ0) is 27.6. The highest BCUT2D eigenvalue weighted by molar-refractivity contribution is 6.51. The van der Waals surface area contributed by atoms with Gasteiger partial charge in [-0.15, -0.1) is 0 Å². The van der Waals surface area contributed by atoms with Crippen LogP contribution in [0, 0.1) is 0 Å². The Labute approximate surface area is 229 Å². The number of carbonyl (C=O) groups excluding carboxylic acids is 2. The van der Waals surface area contributed by atoms with E-state index in [9.17, 15) is 14.7 Å². The van der Waals surface area contributed by atoms with Gasteiger partial charge in [-0.25, -0.2) is 0 Å². The number of hydrogen-bond acceptors (Lipinski definition) is 7. The monoisotopic (exact) mass is 557 g/mol. The number of ether oxygens (including phenoxy) is 4. The van der Waals surface area contributed by atoms with Crippen LogP contribution in [0.25, 0.3) is 5.76 Å². The maximum atomic E-state index is 13.5. The minimum absolute atomic E-state index is 0.130. The molecule has 10 heteroatoms. The van der Waals surface area contributed by atoms with Gasteiger partial charge in [0.1, 0.15) is 11.5 Å². The van der Waals surface area contributed by atoms with E-state index in [2.05, 4.69) is 0 Å². The molecule has 0 bridgehead atoms. The zero-order valence-electron chi connectivity index (χ0n) is 21.1. The van der Waals surface area contributed by atoms with Gasteiger partial charge in [-0.05, 0) is 61.0 Å². The van der Waals surface area contributed by atoms with Crippen LogP contribution < -0.4 is 23.8 Å². The number of aliphatic hydroxyl groups is 1. The van der Waals surface area contributed by atoms with E-state index in [0.29, 0.717) is 35.1 Å². The number of Topliss-reactive ketones (excluding diaryl/α,β-unsaturated/α-hetero) is 1. The average molecular weight is 558 g/mol. The largest absolute Gasteiger partial charge is 0.507 e. The molecule has 1 aliphatic rings. The summed E-state index contributed by atoms with van der Waals surface area (Å²) in [6.07, 6.45) is 0. The normalized spacial score (nSPS) is 16.5. The first kappa shape index (κ1) is 27.2. The molecular formula is C28H25Cl2NO7. The first-order valence-electron chi connectivity index (χ1n) is 11.5. The fraction of sp³-hybridized carbons (Fsp3) is 0.214. The van der Waals surface area contributed by atoms with Crippen molar-refractivity contribution in [2.75, 3.05) is 32.8 Å². The van der Waals surface area contributed by atoms with Gasteiger partial charge in [0.2, 0.25) is 0 Å². The molecule has 4 rings (SSSR count). The van der Waals surface area contributed by atoms with E-state index in [-0.39, 0.29) is 26.9 Å². The van der Waals surface area contributed by atoms with Crippen molar-refractivity contribution < 1.29 is 33.6 Å². The predicted octanol–water partition coefficient (Wildman–Crippen LogP) is 6.04. The Morgan fingerprint density at radius 2 is 1.55 bits per heavy atom. The average Bonchev–Trinajstić information content (AvgIpc) is 3.18. The fourth-order valence-corrected chi connectivity index (χ4v) is 4.98. The molecule has 1 atom stereocenters. The number of amides is 1. The molecule has 198 valence electrons. The molecule has 0 radical (unpaired) electrons. The van der Waals surface area contributed by atoms with Gasteiger partial charge in [-0.1, -0.05) is 29.3 Å². The Morgan fingerprint density at radius 3 is 2.11 bits per heavy atom. The number of ketones is 1. The van der Waals surface area contributed by atoms with Gasteiger partial charge in [0, 0.05) is 11.3 Å². The highest BCUT2D eigenvalue weighted by Gasteiger charge is 2.47. The molecule has 8 nitrogen and oxygen atoms in total. The molecule has 3 aromatic rings. The number of methoxy groups -OCH3 is 3. The molecule has 1 unspecified atom stereocenters. The third kappa shape index (κ3) is 4.85. The van der Waals surface area contributed by atoms with Crippen LogP contribution in [0.15, 0.2) is 60.2 Å². The number of anilines is 1. The number of hydrogen-bond donors (Lipinski definition) is 1. The first-order chi connectivity index (χ1) is 18.2. The van der Waals surface area contributed by atoms with Gasteiger partial charge in [-0.2, -0.15) is 0 Å². The highest BCUT2D eigenvalue weighted by Crippen LogP contribution is 2.45. The molecule has 0 aromatic heterocycles. The number of halogens is 2. The van der Waals surface area contributed by atoms with Gasteiger partial charge >= 0.3 is 0 Å². The second-order valence-electron chi connectivity index (χ2n) is 8.18. The molecule has 3 aromatic carbocycles. The summed E-state index contributed by atoms with van der Waals surface area (Å²) in [4.78, 5) is 28.2. The Kier molecular flexibility index (Phi) is 8.04.